The van der Waals surface area contributed by atoms with E-state index in [1.165, 1.54) is 0 Å². The predicted molar refractivity (Wildman–Crippen MR) is 88.7 cm³/mol. The molecule has 0 saturated carbocycles. The highest BCUT2D eigenvalue weighted by Crippen LogP contribution is 2.22. The molecular weight excluding hydrogens is 314 g/mol. The third-order valence-electron chi connectivity index (χ3n) is 3.48. The van der Waals surface area contributed by atoms with Gasteiger partial charge in [-0.3, -0.25) is 4.79 Å². The number of nitrogens with zero attached hydrogens (tertiary/aromatic N) is 2. The van der Waals surface area contributed by atoms with Crippen molar-refractivity contribution in [1.82, 2.24) is 14.7 Å². The van der Waals surface area contributed by atoms with Gasteiger partial charge in [0, 0.05) is 6.20 Å². The normalized spacial score (nSPS) is 10.7. The lowest BCUT2D eigenvalue weighted by Crippen LogP contribution is -2.29. The molecule has 0 fully saturated rings. The van der Waals surface area contributed by atoms with Crippen molar-refractivity contribution in [1.29, 1.82) is 0 Å². The zero-order chi connectivity index (χ0) is 16.2. The summed E-state index contributed by atoms with van der Waals surface area (Å²) in [5.41, 5.74) is 2.71. The third kappa shape index (κ3) is 3.46. The van der Waals surface area contributed by atoms with Crippen LogP contribution in [-0.4, -0.2) is 21.9 Å². The second-order valence-electron chi connectivity index (χ2n) is 5.07. The van der Waals surface area contributed by atoms with Crippen molar-refractivity contribution in [3.63, 3.8) is 0 Å². The van der Waals surface area contributed by atoms with Gasteiger partial charge in [-0.15, -0.1) is 0 Å². The van der Waals surface area contributed by atoms with Crippen LogP contribution in [-0.2, 0) is 11.3 Å². The van der Waals surface area contributed by atoms with Gasteiger partial charge < -0.3 is 14.5 Å². The number of fused-ring (bicyclic) bond motifs is 1. The summed E-state index contributed by atoms with van der Waals surface area (Å²) in [7, 11) is 0. The van der Waals surface area contributed by atoms with E-state index in [-0.39, 0.29) is 12.5 Å². The maximum absolute atomic E-state index is 12.0. The molecule has 0 aliphatic rings. The first-order chi connectivity index (χ1) is 11.1. The van der Waals surface area contributed by atoms with Crippen molar-refractivity contribution in [3.8, 4) is 5.75 Å². The van der Waals surface area contributed by atoms with Gasteiger partial charge in [0.25, 0.3) is 5.91 Å². The molecule has 0 saturated heterocycles. The summed E-state index contributed by atoms with van der Waals surface area (Å²) in [5, 5.41) is 3.32. The standard InChI is InChI=1S/C17H16ClN3O2/c1-12-14(21-9-5-4-8-16(21)20-12)10-19-17(22)11-23-15-7-3-2-6-13(15)18/h2-9H,10-11H2,1H3,(H,19,22). The smallest absolute Gasteiger partial charge is 0.258 e. The van der Waals surface area contributed by atoms with E-state index in [0.29, 0.717) is 17.3 Å². The molecule has 0 bridgehead atoms. The monoisotopic (exact) mass is 329 g/mol. The molecule has 3 rings (SSSR count). The molecule has 1 aromatic carbocycles. The summed E-state index contributed by atoms with van der Waals surface area (Å²) in [4.78, 5) is 16.4. The van der Waals surface area contributed by atoms with E-state index in [2.05, 4.69) is 10.3 Å². The van der Waals surface area contributed by atoms with Crippen molar-refractivity contribution in [2.24, 2.45) is 0 Å². The van der Waals surface area contributed by atoms with Gasteiger partial charge in [-0.1, -0.05) is 29.8 Å². The number of ether oxygens (including phenoxy) is 1. The number of amides is 1. The Labute approximate surface area is 138 Å². The van der Waals surface area contributed by atoms with Gasteiger partial charge in [0.15, 0.2) is 6.61 Å². The topological polar surface area (TPSA) is 55.6 Å². The van der Waals surface area contributed by atoms with E-state index in [9.17, 15) is 4.79 Å². The Morgan fingerprint density at radius 2 is 2.04 bits per heavy atom. The zero-order valence-corrected chi connectivity index (χ0v) is 13.4. The fraction of sp³-hybridized carbons (Fsp3) is 0.176. The second kappa shape index (κ2) is 6.71. The molecule has 0 unspecified atom stereocenters. The van der Waals surface area contributed by atoms with E-state index >= 15 is 0 Å². The largest absolute Gasteiger partial charge is 0.482 e. The molecule has 3 aromatic rings. The van der Waals surface area contributed by atoms with Crippen molar-refractivity contribution >= 4 is 23.2 Å². The van der Waals surface area contributed by atoms with Gasteiger partial charge in [-0.05, 0) is 31.2 Å². The molecule has 0 radical (unpaired) electrons. The summed E-state index contributed by atoms with van der Waals surface area (Å²) < 4.78 is 7.38. The summed E-state index contributed by atoms with van der Waals surface area (Å²) in [6.07, 6.45) is 1.93. The third-order valence-corrected chi connectivity index (χ3v) is 3.79. The average molecular weight is 330 g/mol. The lowest BCUT2D eigenvalue weighted by molar-refractivity contribution is -0.123. The van der Waals surface area contributed by atoms with Gasteiger partial charge in [0.05, 0.1) is 23.0 Å². The van der Waals surface area contributed by atoms with Gasteiger partial charge in [0.2, 0.25) is 0 Å². The first-order valence-electron chi connectivity index (χ1n) is 7.22. The predicted octanol–water partition coefficient (Wildman–Crippen LogP) is 2.99. The number of pyridine rings is 1. The number of benzene rings is 1. The average Bonchev–Trinajstić information content (AvgIpc) is 2.87. The summed E-state index contributed by atoms with van der Waals surface area (Å²) in [5.74, 6) is 0.283. The van der Waals surface area contributed by atoms with E-state index in [4.69, 9.17) is 16.3 Å². The van der Waals surface area contributed by atoms with Crippen LogP contribution < -0.4 is 10.1 Å². The van der Waals surface area contributed by atoms with Crippen LogP contribution in [0.25, 0.3) is 5.65 Å². The lowest BCUT2D eigenvalue weighted by Gasteiger charge is -2.09. The van der Waals surface area contributed by atoms with Crippen LogP contribution in [0.15, 0.2) is 48.7 Å². The summed E-state index contributed by atoms with van der Waals surface area (Å²) in [6.45, 7) is 2.23. The first kappa shape index (κ1) is 15.4. The Morgan fingerprint density at radius 3 is 2.87 bits per heavy atom. The molecule has 2 aromatic heterocycles. The quantitative estimate of drug-likeness (QED) is 0.783. The van der Waals surface area contributed by atoms with Crippen LogP contribution >= 0.6 is 11.6 Å². The number of para-hydroxylation sites is 1. The van der Waals surface area contributed by atoms with E-state index < -0.39 is 0 Å². The molecule has 118 valence electrons. The molecule has 1 amide bonds. The first-order valence-corrected chi connectivity index (χ1v) is 7.59. The molecule has 1 N–H and O–H groups in total. The minimum Gasteiger partial charge on any atom is -0.482 e. The van der Waals surface area contributed by atoms with Gasteiger partial charge in [-0.2, -0.15) is 0 Å². The Bertz CT molecular complexity index is 845. The fourth-order valence-electron chi connectivity index (χ4n) is 2.32. The van der Waals surface area contributed by atoms with Crippen molar-refractivity contribution < 1.29 is 9.53 Å². The van der Waals surface area contributed by atoms with Crippen LogP contribution in [0, 0.1) is 6.92 Å². The van der Waals surface area contributed by atoms with Crippen molar-refractivity contribution in [3.05, 3.63) is 65.1 Å². The highest BCUT2D eigenvalue weighted by molar-refractivity contribution is 6.32. The molecule has 0 aliphatic heterocycles. The number of aromatic nitrogens is 2. The lowest BCUT2D eigenvalue weighted by atomic mass is 10.3. The zero-order valence-electron chi connectivity index (χ0n) is 12.6. The number of nitrogens with one attached hydrogen (secondary N) is 1. The number of hydrogen-bond donors (Lipinski definition) is 1. The van der Waals surface area contributed by atoms with Gasteiger partial charge in [-0.25, -0.2) is 4.98 Å². The Kier molecular flexibility index (Phi) is 4.48. The van der Waals surface area contributed by atoms with Gasteiger partial charge >= 0.3 is 0 Å². The maximum atomic E-state index is 12.0. The van der Waals surface area contributed by atoms with Gasteiger partial charge in [0.1, 0.15) is 11.4 Å². The fourth-order valence-corrected chi connectivity index (χ4v) is 2.51. The molecular formula is C17H16ClN3O2. The molecule has 0 atom stereocenters. The maximum Gasteiger partial charge on any atom is 0.258 e. The van der Waals surface area contributed by atoms with E-state index in [1.54, 1.807) is 18.2 Å². The highest BCUT2D eigenvalue weighted by atomic mass is 35.5. The Hall–Kier alpha value is -2.53. The second-order valence-corrected chi connectivity index (χ2v) is 5.48. The minimum absolute atomic E-state index is 0.0838. The number of hydrogen-bond acceptors (Lipinski definition) is 3. The molecule has 5 nitrogen and oxygen atoms in total. The summed E-state index contributed by atoms with van der Waals surface area (Å²) >= 11 is 5.98. The number of carbonyl (C=O) groups excluding carboxylic acids is 1. The van der Waals surface area contributed by atoms with E-state index in [0.717, 1.165) is 17.0 Å². The van der Waals surface area contributed by atoms with Crippen LogP contribution in [0.4, 0.5) is 0 Å². The van der Waals surface area contributed by atoms with Crippen LogP contribution in [0.1, 0.15) is 11.4 Å². The molecule has 23 heavy (non-hydrogen) atoms. The Morgan fingerprint density at radius 1 is 1.26 bits per heavy atom. The highest BCUT2D eigenvalue weighted by Gasteiger charge is 2.10. The number of aryl methyl sites for hydroxylation is 1. The number of halogens is 1. The SMILES string of the molecule is Cc1nc2ccccn2c1CNC(=O)COc1ccccc1Cl. The van der Waals surface area contributed by atoms with Crippen LogP contribution in [0.2, 0.25) is 5.02 Å². The number of rotatable bonds is 5. The van der Waals surface area contributed by atoms with Crippen molar-refractivity contribution in [2.75, 3.05) is 6.61 Å². The molecule has 0 spiro atoms. The van der Waals surface area contributed by atoms with Crippen LogP contribution in [0.3, 0.4) is 0 Å². The van der Waals surface area contributed by atoms with Crippen LogP contribution in [0.5, 0.6) is 5.75 Å². The number of carbonyl (C=O) groups is 1. The Balaban J connectivity index is 1.60. The minimum atomic E-state index is -0.213. The molecule has 0 aliphatic carbocycles. The molecule has 6 heteroatoms. The summed E-state index contributed by atoms with van der Waals surface area (Å²) in [6, 6.07) is 12.9. The van der Waals surface area contributed by atoms with E-state index in [1.807, 2.05) is 41.8 Å². The van der Waals surface area contributed by atoms with Crippen molar-refractivity contribution in [2.45, 2.75) is 13.5 Å². The molecule has 2 heterocycles. The number of imidazole rings is 1.